The second-order valence-electron chi connectivity index (χ2n) is 5.76. The number of hydrogen-bond acceptors (Lipinski definition) is 5. The van der Waals surface area contributed by atoms with Gasteiger partial charge >= 0.3 is 0 Å². The number of anilines is 1. The van der Waals surface area contributed by atoms with Crippen LogP contribution in [0.15, 0.2) is 52.9 Å². The third-order valence-electron chi connectivity index (χ3n) is 4.25. The number of para-hydroxylation sites is 3. The fourth-order valence-corrected chi connectivity index (χ4v) is 2.92. The van der Waals surface area contributed by atoms with Gasteiger partial charge in [0.05, 0.1) is 5.56 Å². The van der Waals surface area contributed by atoms with Crippen LogP contribution < -0.4 is 4.90 Å². The Morgan fingerprint density at radius 1 is 1.00 bits per heavy atom. The van der Waals surface area contributed by atoms with Gasteiger partial charge in [-0.1, -0.05) is 24.3 Å². The van der Waals surface area contributed by atoms with Gasteiger partial charge in [0, 0.05) is 26.2 Å². The first-order valence-electron chi connectivity index (χ1n) is 7.90. The van der Waals surface area contributed by atoms with Crippen molar-refractivity contribution in [2.45, 2.75) is 0 Å². The molecular formula is C18H17N3O3. The number of amides is 1. The summed E-state index contributed by atoms with van der Waals surface area (Å²) in [5.41, 5.74) is 1.94. The number of fused-ring (bicyclic) bond motifs is 1. The number of rotatable bonds is 2. The first-order chi connectivity index (χ1) is 11.7. The topological polar surface area (TPSA) is 69.8 Å². The molecule has 0 spiro atoms. The van der Waals surface area contributed by atoms with Gasteiger partial charge in [0.1, 0.15) is 11.3 Å². The van der Waals surface area contributed by atoms with Crippen molar-refractivity contribution in [1.82, 2.24) is 9.88 Å². The zero-order valence-corrected chi connectivity index (χ0v) is 13.1. The Kier molecular flexibility index (Phi) is 3.57. The molecule has 6 nitrogen and oxygen atoms in total. The summed E-state index contributed by atoms with van der Waals surface area (Å²) in [6, 6.07) is 14.9. The first-order valence-corrected chi connectivity index (χ1v) is 7.90. The molecule has 0 unspecified atom stereocenters. The highest BCUT2D eigenvalue weighted by molar-refractivity contribution is 5.96. The number of hydrogen-bond donors (Lipinski definition) is 1. The van der Waals surface area contributed by atoms with Crippen molar-refractivity contribution in [3.8, 4) is 5.75 Å². The monoisotopic (exact) mass is 323 g/mol. The maximum Gasteiger partial charge on any atom is 0.298 e. The first kappa shape index (κ1) is 14.6. The van der Waals surface area contributed by atoms with Crippen molar-refractivity contribution < 1.29 is 14.3 Å². The van der Waals surface area contributed by atoms with Crippen LogP contribution in [0, 0.1) is 0 Å². The van der Waals surface area contributed by atoms with E-state index < -0.39 is 0 Å². The number of aromatic nitrogens is 1. The number of nitrogens with zero attached hydrogens (tertiary/aromatic N) is 3. The fraction of sp³-hybridized carbons (Fsp3) is 0.222. The predicted octanol–water partition coefficient (Wildman–Crippen LogP) is 2.50. The van der Waals surface area contributed by atoms with Gasteiger partial charge in [-0.05, 0) is 24.3 Å². The molecule has 0 bridgehead atoms. The lowest BCUT2D eigenvalue weighted by Crippen LogP contribution is -2.48. The summed E-state index contributed by atoms with van der Waals surface area (Å²) in [6.07, 6.45) is 0. The Balaban J connectivity index is 1.47. The summed E-state index contributed by atoms with van der Waals surface area (Å²) in [4.78, 5) is 20.8. The minimum absolute atomic E-state index is 0.0175. The largest absolute Gasteiger partial charge is 0.507 e. The van der Waals surface area contributed by atoms with Crippen LogP contribution in [0.5, 0.6) is 5.75 Å². The van der Waals surface area contributed by atoms with Crippen LogP contribution in [0.25, 0.3) is 11.1 Å². The van der Waals surface area contributed by atoms with E-state index in [0.29, 0.717) is 37.8 Å². The number of phenolic OH excluding ortho intramolecular Hbond substituents is 1. The molecule has 2 heterocycles. The van der Waals surface area contributed by atoms with Crippen molar-refractivity contribution in [2.75, 3.05) is 31.1 Å². The maximum atomic E-state index is 12.5. The normalized spacial score (nSPS) is 15.0. The molecule has 1 aliphatic heterocycles. The molecule has 2 aromatic carbocycles. The van der Waals surface area contributed by atoms with Crippen LogP contribution >= 0.6 is 0 Å². The molecule has 6 heteroatoms. The average Bonchev–Trinajstić information content (AvgIpc) is 3.06. The van der Waals surface area contributed by atoms with Crippen molar-refractivity contribution >= 4 is 23.0 Å². The van der Waals surface area contributed by atoms with Crippen LogP contribution in [0.1, 0.15) is 10.4 Å². The van der Waals surface area contributed by atoms with Gasteiger partial charge in [-0.25, -0.2) is 0 Å². The van der Waals surface area contributed by atoms with Gasteiger partial charge in [0.15, 0.2) is 5.58 Å². The van der Waals surface area contributed by atoms with Crippen molar-refractivity contribution in [2.24, 2.45) is 0 Å². The Morgan fingerprint density at radius 3 is 2.46 bits per heavy atom. The van der Waals surface area contributed by atoms with Crippen LogP contribution in [0.3, 0.4) is 0 Å². The van der Waals surface area contributed by atoms with E-state index >= 15 is 0 Å². The van der Waals surface area contributed by atoms with E-state index in [9.17, 15) is 9.90 Å². The highest BCUT2D eigenvalue weighted by Crippen LogP contribution is 2.24. The molecule has 0 aliphatic carbocycles. The smallest absolute Gasteiger partial charge is 0.298 e. The van der Waals surface area contributed by atoms with Crippen LogP contribution in [0.2, 0.25) is 0 Å². The van der Waals surface area contributed by atoms with Crippen molar-refractivity contribution in [3.63, 3.8) is 0 Å². The molecule has 4 rings (SSSR count). The van der Waals surface area contributed by atoms with Gasteiger partial charge in [-0.2, -0.15) is 4.98 Å². The van der Waals surface area contributed by atoms with Crippen molar-refractivity contribution in [1.29, 1.82) is 0 Å². The quantitative estimate of drug-likeness (QED) is 0.784. The van der Waals surface area contributed by atoms with Crippen LogP contribution in [-0.2, 0) is 0 Å². The third-order valence-corrected chi connectivity index (χ3v) is 4.25. The van der Waals surface area contributed by atoms with E-state index in [1.54, 1.807) is 23.1 Å². The molecule has 24 heavy (non-hydrogen) atoms. The van der Waals surface area contributed by atoms with E-state index in [-0.39, 0.29) is 11.7 Å². The lowest BCUT2D eigenvalue weighted by Gasteiger charge is -2.33. The van der Waals surface area contributed by atoms with Crippen molar-refractivity contribution in [3.05, 3.63) is 54.1 Å². The summed E-state index contributed by atoms with van der Waals surface area (Å²) in [7, 11) is 0. The predicted molar refractivity (Wildman–Crippen MR) is 90.2 cm³/mol. The lowest BCUT2D eigenvalue weighted by atomic mass is 10.1. The minimum Gasteiger partial charge on any atom is -0.507 e. The van der Waals surface area contributed by atoms with E-state index in [0.717, 1.165) is 11.1 Å². The van der Waals surface area contributed by atoms with Gasteiger partial charge in [-0.3, -0.25) is 4.79 Å². The highest BCUT2D eigenvalue weighted by Gasteiger charge is 2.25. The molecule has 1 amide bonds. The van der Waals surface area contributed by atoms with Gasteiger partial charge < -0.3 is 19.3 Å². The Bertz CT molecular complexity index is 849. The molecule has 122 valence electrons. The molecule has 0 atom stereocenters. The molecule has 1 saturated heterocycles. The van der Waals surface area contributed by atoms with E-state index in [1.165, 1.54) is 6.07 Å². The number of carbonyl (C=O) groups is 1. The van der Waals surface area contributed by atoms with Gasteiger partial charge in [0.2, 0.25) is 0 Å². The zero-order chi connectivity index (χ0) is 16.5. The number of benzene rings is 2. The molecule has 1 N–H and O–H groups in total. The van der Waals surface area contributed by atoms with Gasteiger partial charge in [0.25, 0.3) is 11.9 Å². The Hall–Kier alpha value is -3.02. The summed E-state index contributed by atoms with van der Waals surface area (Å²) in [5, 5.41) is 9.84. The fourth-order valence-electron chi connectivity index (χ4n) is 2.92. The summed E-state index contributed by atoms with van der Waals surface area (Å²) in [5.74, 6) is -0.130. The molecule has 1 fully saturated rings. The number of phenols is 1. The molecule has 1 aromatic heterocycles. The maximum absolute atomic E-state index is 12.5. The highest BCUT2D eigenvalue weighted by atomic mass is 16.4. The molecule has 1 aliphatic rings. The number of aromatic hydroxyl groups is 1. The van der Waals surface area contributed by atoms with Crippen LogP contribution in [-0.4, -0.2) is 47.1 Å². The van der Waals surface area contributed by atoms with E-state index in [2.05, 4.69) is 4.98 Å². The number of piperazine rings is 1. The molecule has 0 radical (unpaired) electrons. The van der Waals surface area contributed by atoms with Gasteiger partial charge in [-0.15, -0.1) is 0 Å². The third kappa shape index (κ3) is 2.56. The number of carbonyl (C=O) groups excluding carboxylic acids is 1. The SMILES string of the molecule is O=C(c1ccccc1O)N1CCN(c2nc3ccccc3o2)CC1. The summed E-state index contributed by atoms with van der Waals surface area (Å²) < 4.78 is 5.78. The lowest BCUT2D eigenvalue weighted by molar-refractivity contribution is 0.0742. The molecular weight excluding hydrogens is 306 g/mol. The number of oxazole rings is 1. The van der Waals surface area contributed by atoms with Crippen LogP contribution in [0.4, 0.5) is 6.01 Å². The van der Waals surface area contributed by atoms with E-state index in [4.69, 9.17) is 4.42 Å². The summed E-state index contributed by atoms with van der Waals surface area (Å²) >= 11 is 0. The Labute approximate surface area is 138 Å². The Morgan fingerprint density at radius 2 is 1.71 bits per heavy atom. The molecule has 3 aromatic rings. The average molecular weight is 323 g/mol. The summed E-state index contributed by atoms with van der Waals surface area (Å²) in [6.45, 7) is 2.41. The molecule has 0 saturated carbocycles. The minimum atomic E-state index is -0.148. The second-order valence-corrected chi connectivity index (χ2v) is 5.76. The van der Waals surface area contributed by atoms with E-state index in [1.807, 2.05) is 29.2 Å². The second kappa shape index (κ2) is 5.88. The zero-order valence-electron chi connectivity index (χ0n) is 13.1. The standard InChI is InChI=1S/C18H17N3O3/c22-15-7-3-1-5-13(15)17(23)20-9-11-21(12-10-20)18-19-14-6-2-4-8-16(14)24-18/h1-8,22H,9-12H2.